The van der Waals surface area contributed by atoms with Gasteiger partial charge in [0, 0.05) is 31.5 Å². The van der Waals surface area contributed by atoms with Crippen molar-refractivity contribution in [3.8, 4) is 67.5 Å². The lowest BCUT2D eigenvalue weighted by Gasteiger charge is -2.25. The topological polar surface area (TPSA) is 38.7 Å². The lowest BCUT2D eigenvalue weighted by atomic mass is 9.58. The molecule has 0 aliphatic heterocycles. The molecule has 15 heteroatoms. The first-order chi connectivity index (χ1) is 28.8. The summed E-state index contributed by atoms with van der Waals surface area (Å²) in [7, 11) is 25.2. The van der Waals surface area contributed by atoms with Crippen LogP contribution < -0.4 is 60.1 Å². The molecule has 2 aromatic heterocycles. The molecule has 3 nitrogen and oxygen atoms in total. The van der Waals surface area contributed by atoms with E-state index in [1.165, 1.54) is 103 Å². The molecule has 0 saturated carbocycles. The van der Waals surface area contributed by atoms with Gasteiger partial charge in [-0.3, -0.25) is 0 Å². The van der Waals surface area contributed by atoms with Gasteiger partial charge in [-0.2, -0.15) is 0 Å². The van der Waals surface area contributed by atoms with Gasteiger partial charge in [0.05, 0.1) is 0 Å². The van der Waals surface area contributed by atoms with E-state index < -0.39 is 0 Å². The van der Waals surface area contributed by atoms with E-state index in [0.717, 1.165) is 27.8 Å². The second-order valence-corrected chi connectivity index (χ2v) is 17.7. The van der Waals surface area contributed by atoms with Crippen molar-refractivity contribution in [3.63, 3.8) is 0 Å². The highest BCUT2D eigenvalue weighted by Crippen LogP contribution is 2.41. The van der Waals surface area contributed by atoms with Gasteiger partial charge in [0.25, 0.3) is 0 Å². The van der Waals surface area contributed by atoms with Crippen molar-refractivity contribution >= 4 is 178 Å². The first kappa shape index (κ1) is 39.9. The number of nitrogens with zero attached hydrogens (tertiary/aromatic N) is 3. The molecule has 0 bridgehead atoms. The molecule has 274 valence electrons. The van der Waals surface area contributed by atoms with Gasteiger partial charge in [0.2, 0.25) is 0 Å². The number of thiophene rings is 1. The highest BCUT2D eigenvalue weighted by Gasteiger charge is 2.27. The number of rotatable bonds is 6. The van der Waals surface area contributed by atoms with Crippen LogP contribution in [0.3, 0.4) is 0 Å². The predicted octanol–water partition coefficient (Wildman–Crippen LogP) is -6.92. The van der Waals surface area contributed by atoms with Crippen LogP contribution in [0.2, 0.25) is 0 Å². The van der Waals surface area contributed by atoms with Gasteiger partial charge in [-0.25, -0.2) is 15.0 Å². The average molecular weight is 774 g/mol. The molecule has 0 spiro atoms. The number of aromatic nitrogens is 3. The summed E-state index contributed by atoms with van der Waals surface area (Å²) >= 11 is 1.90. The van der Waals surface area contributed by atoms with Gasteiger partial charge in [-0.05, 0) is 38.8 Å². The van der Waals surface area contributed by atoms with Crippen LogP contribution in [-0.2, 0) is 0 Å². The zero-order valence-electron chi connectivity index (χ0n) is 36.6. The fraction of sp³-hybridized carbons (Fsp3) is 0. The standard InChI is InChI=1S/C45H40B11N3S/c46-30-25(27-31(47)35(51)38(54)36(52)32(27)48)26-28-33(49)37(53)39(55)40(56)42(28)60-41(26)29(34(30)50)45-58-43(23-15-11-21(12-16-23)19-7-3-1-4-8-19)57-44(59-45)24-17-13-22(14-18-24)20-9-5-2-6-10-20/h1-18H,46-56H2. The van der Waals surface area contributed by atoms with Crippen molar-refractivity contribution in [2.24, 2.45) is 0 Å². The Morgan fingerprint density at radius 2 is 0.617 bits per heavy atom. The van der Waals surface area contributed by atoms with Crippen molar-refractivity contribution in [1.82, 2.24) is 15.0 Å². The van der Waals surface area contributed by atoms with E-state index in [1.807, 2.05) is 11.3 Å². The van der Waals surface area contributed by atoms with Crippen molar-refractivity contribution in [1.29, 1.82) is 0 Å². The van der Waals surface area contributed by atoms with E-state index >= 15 is 0 Å². The summed E-state index contributed by atoms with van der Waals surface area (Å²) in [5, 5.41) is 2.67. The normalized spacial score (nSPS) is 11.4. The molecule has 7 aromatic carbocycles. The molecule has 0 radical (unpaired) electrons. The molecule has 0 unspecified atom stereocenters. The zero-order valence-corrected chi connectivity index (χ0v) is 37.5. The molecule has 9 rings (SSSR count). The first-order valence-electron chi connectivity index (χ1n) is 21.0. The lowest BCUT2D eigenvalue weighted by Crippen LogP contribution is -2.55. The summed E-state index contributed by atoms with van der Waals surface area (Å²) in [6.45, 7) is 0. The van der Waals surface area contributed by atoms with E-state index in [2.05, 4.69) is 196 Å². The third kappa shape index (κ3) is 6.48. The van der Waals surface area contributed by atoms with Crippen LogP contribution in [0.1, 0.15) is 0 Å². The fourth-order valence-corrected chi connectivity index (χ4v) is 10.7. The molecule has 9 aromatic rings. The van der Waals surface area contributed by atoms with Crippen LogP contribution in [0.5, 0.6) is 0 Å². The Labute approximate surface area is 367 Å². The maximum atomic E-state index is 5.43. The van der Waals surface area contributed by atoms with E-state index in [0.29, 0.717) is 17.5 Å². The van der Waals surface area contributed by atoms with E-state index in [1.54, 1.807) is 0 Å². The monoisotopic (exact) mass is 775 g/mol. The minimum atomic E-state index is 0.660. The predicted molar refractivity (Wildman–Crippen MR) is 295 cm³/mol. The maximum absolute atomic E-state index is 5.43. The molecule has 0 atom stereocenters. The van der Waals surface area contributed by atoms with Crippen molar-refractivity contribution in [2.45, 2.75) is 0 Å². The van der Waals surface area contributed by atoms with E-state index in [9.17, 15) is 0 Å². The van der Waals surface area contributed by atoms with Crippen molar-refractivity contribution < 1.29 is 0 Å². The summed E-state index contributed by atoms with van der Waals surface area (Å²) in [4.78, 5) is 16.1. The van der Waals surface area contributed by atoms with E-state index in [4.69, 9.17) is 15.0 Å². The number of hydrogen-bond acceptors (Lipinski definition) is 4. The third-order valence-corrected chi connectivity index (χ3v) is 15.0. The van der Waals surface area contributed by atoms with Crippen LogP contribution >= 0.6 is 11.3 Å². The number of hydrogen-bond donors (Lipinski definition) is 0. The molecular formula is C45H40B11N3S. The second-order valence-electron chi connectivity index (χ2n) is 16.7. The summed E-state index contributed by atoms with van der Waals surface area (Å²) in [6.07, 6.45) is 0. The zero-order chi connectivity index (χ0) is 42.1. The highest BCUT2D eigenvalue weighted by atomic mass is 32.1. The Hall–Kier alpha value is -5.52. The van der Waals surface area contributed by atoms with Crippen LogP contribution in [-0.4, -0.2) is 101 Å². The van der Waals surface area contributed by atoms with Crippen molar-refractivity contribution in [2.75, 3.05) is 0 Å². The van der Waals surface area contributed by atoms with E-state index in [-0.39, 0.29) is 0 Å². The summed E-state index contributed by atoms with van der Waals surface area (Å²) in [5.74, 6) is 2.02. The Bertz CT molecular complexity index is 3060. The number of fused-ring (bicyclic) bond motifs is 3. The Balaban J connectivity index is 1.36. The fourth-order valence-electron chi connectivity index (χ4n) is 9.21. The highest BCUT2D eigenvalue weighted by molar-refractivity contribution is 7.28. The summed E-state index contributed by atoms with van der Waals surface area (Å²) in [6, 6.07) is 38.3. The van der Waals surface area contributed by atoms with Crippen molar-refractivity contribution in [3.05, 3.63) is 109 Å². The Morgan fingerprint density at radius 3 is 1.10 bits per heavy atom. The molecule has 0 fully saturated rings. The molecule has 0 aliphatic rings. The average Bonchev–Trinajstić information content (AvgIpc) is 3.68. The maximum Gasteiger partial charge on any atom is 0.164 e. The molecule has 60 heavy (non-hydrogen) atoms. The van der Waals surface area contributed by atoms with Gasteiger partial charge in [0.15, 0.2) is 17.5 Å². The van der Waals surface area contributed by atoms with Gasteiger partial charge >= 0.3 is 0 Å². The van der Waals surface area contributed by atoms with Gasteiger partial charge < -0.3 is 0 Å². The Kier molecular flexibility index (Phi) is 10.3. The molecular weight excluding hydrogens is 734 g/mol. The quantitative estimate of drug-likeness (QED) is 0.158. The smallest absolute Gasteiger partial charge is 0.164 e. The summed E-state index contributed by atoms with van der Waals surface area (Å²) < 4.78 is 2.58. The number of benzene rings is 7. The second kappa shape index (κ2) is 15.5. The van der Waals surface area contributed by atoms with Gasteiger partial charge in [-0.1, -0.05) is 142 Å². The first-order valence-corrected chi connectivity index (χ1v) is 21.8. The van der Waals surface area contributed by atoms with Crippen LogP contribution in [0.15, 0.2) is 109 Å². The minimum absolute atomic E-state index is 0.660. The molecule has 0 aliphatic carbocycles. The Morgan fingerprint density at radius 1 is 0.267 bits per heavy atom. The molecule has 2 heterocycles. The molecule has 0 amide bonds. The van der Waals surface area contributed by atoms with Crippen LogP contribution in [0.4, 0.5) is 0 Å². The summed E-state index contributed by atoms with van der Waals surface area (Å²) in [5.41, 5.74) is 25.1. The third-order valence-electron chi connectivity index (χ3n) is 13.7. The lowest BCUT2D eigenvalue weighted by molar-refractivity contribution is 1.08. The molecule has 0 N–H and O–H groups in total. The van der Waals surface area contributed by atoms with Gasteiger partial charge in [-0.15, -0.1) is 38.7 Å². The largest absolute Gasteiger partial charge is 0.208 e. The van der Waals surface area contributed by atoms with Crippen LogP contribution in [0, 0.1) is 0 Å². The SMILES string of the molecule is Bc1c(B)c(B)c(-c2c(B)c(B)c(-c3nc(-c4ccc(-c5ccccc5)cc4)nc(-c4ccc(-c5ccccc5)cc4)n3)c3sc4c(B)c(B)c(B)c(B)c4c23)c(B)c1B. The van der Waals surface area contributed by atoms with Crippen LogP contribution in [0.25, 0.3) is 87.7 Å². The van der Waals surface area contributed by atoms with Gasteiger partial charge in [0.1, 0.15) is 86.3 Å². The molecule has 0 saturated heterocycles. The minimum Gasteiger partial charge on any atom is -0.208 e.